The molecule has 0 bridgehead atoms. The third-order valence-corrected chi connectivity index (χ3v) is 4.79. The topological polar surface area (TPSA) is 66.8 Å². The molecule has 16 heavy (non-hydrogen) atoms. The van der Waals surface area contributed by atoms with E-state index >= 15 is 0 Å². The fraction of sp³-hybridized carbons (Fsp3) is 1.00. The van der Waals surface area contributed by atoms with Gasteiger partial charge >= 0.3 is 0 Å². The molecule has 0 aromatic carbocycles. The Kier molecular flexibility index (Phi) is 4.34. The lowest BCUT2D eigenvalue weighted by Gasteiger charge is -2.47. The second-order valence-corrected chi connectivity index (χ2v) is 6.63. The van der Waals surface area contributed by atoms with Gasteiger partial charge in [0.05, 0.1) is 18.0 Å². The molecule has 5 nitrogen and oxygen atoms in total. The van der Waals surface area contributed by atoms with Crippen LogP contribution in [0.15, 0.2) is 0 Å². The molecule has 0 amide bonds. The Morgan fingerprint density at radius 1 is 1.44 bits per heavy atom. The van der Waals surface area contributed by atoms with Crippen molar-refractivity contribution in [2.75, 3.05) is 32.1 Å². The van der Waals surface area contributed by atoms with E-state index in [1.165, 1.54) is 4.31 Å². The largest absolute Gasteiger partial charge is 0.387 e. The van der Waals surface area contributed by atoms with E-state index in [9.17, 15) is 13.5 Å². The summed E-state index contributed by atoms with van der Waals surface area (Å²) in [6.45, 7) is 6.77. The minimum absolute atomic E-state index is 0.00495. The zero-order valence-electron chi connectivity index (χ0n) is 10.1. The van der Waals surface area contributed by atoms with Crippen molar-refractivity contribution in [1.82, 2.24) is 4.31 Å². The third kappa shape index (κ3) is 2.94. The summed E-state index contributed by atoms with van der Waals surface area (Å²) in [7, 11) is -3.25. The van der Waals surface area contributed by atoms with Gasteiger partial charge in [-0.2, -0.15) is 4.31 Å². The van der Waals surface area contributed by atoms with Crippen LogP contribution < -0.4 is 0 Å². The standard InChI is InChI=1S/C10H21NO4S/c1-4-15-5-6-16(13,14)11-7-10(12,8-11)9(2)3/h9,12H,4-8H2,1-3H3. The number of hydrogen-bond donors (Lipinski definition) is 1. The number of sulfonamides is 1. The van der Waals surface area contributed by atoms with Crippen molar-refractivity contribution < 1.29 is 18.3 Å². The maximum Gasteiger partial charge on any atom is 0.216 e. The maximum atomic E-state index is 11.7. The van der Waals surface area contributed by atoms with Crippen LogP contribution in [-0.4, -0.2) is 55.5 Å². The molecule has 1 N–H and O–H groups in total. The summed E-state index contributed by atoms with van der Waals surface area (Å²) in [6, 6.07) is 0. The van der Waals surface area contributed by atoms with E-state index in [4.69, 9.17) is 4.74 Å². The molecule has 0 aromatic heterocycles. The molecular formula is C10H21NO4S. The van der Waals surface area contributed by atoms with Gasteiger partial charge in [0.1, 0.15) is 0 Å². The summed E-state index contributed by atoms with van der Waals surface area (Å²) in [4.78, 5) is 0. The summed E-state index contributed by atoms with van der Waals surface area (Å²) in [6.07, 6.45) is 0. The van der Waals surface area contributed by atoms with Gasteiger partial charge in [-0.3, -0.25) is 0 Å². The molecule has 6 heteroatoms. The molecule has 1 fully saturated rings. The number of rotatable bonds is 6. The van der Waals surface area contributed by atoms with Gasteiger partial charge in [-0.25, -0.2) is 8.42 Å². The highest BCUT2D eigenvalue weighted by Crippen LogP contribution is 2.30. The van der Waals surface area contributed by atoms with Crippen LogP contribution >= 0.6 is 0 Å². The van der Waals surface area contributed by atoms with Crippen molar-refractivity contribution in [3.8, 4) is 0 Å². The van der Waals surface area contributed by atoms with Crippen molar-refractivity contribution in [3.05, 3.63) is 0 Å². The van der Waals surface area contributed by atoms with E-state index < -0.39 is 15.6 Å². The van der Waals surface area contributed by atoms with Crippen LogP contribution in [0.25, 0.3) is 0 Å². The van der Waals surface area contributed by atoms with Crippen molar-refractivity contribution >= 4 is 10.0 Å². The molecule has 1 saturated heterocycles. The summed E-state index contributed by atoms with van der Waals surface area (Å²) in [5.41, 5.74) is -0.849. The van der Waals surface area contributed by atoms with Gasteiger partial charge in [0.15, 0.2) is 0 Å². The van der Waals surface area contributed by atoms with Crippen LogP contribution in [0.5, 0.6) is 0 Å². The monoisotopic (exact) mass is 251 g/mol. The molecule has 0 aliphatic carbocycles. The molecule has 0 radical (unpaired) electrons. The molecule has 0 atom stereocenters. The average Bonchev–Trinajstić information content (AvgIpc) is 2.12. The summed E-state index contributed by atoms with van der Waals surface area (Å²) in [5.74, 6) is 0.0699. The van der Waals surface area contributed by atoms with Crippen molar-refractivity contribution in [3.63, 3.8) is 0 Å². The number of aliphatic hydroxyl groups is 1. The number of hydrogen-bond acceptors (Lipinski definition) is 4. The SMILES string of the molecule is CCOCCS(=O)(=O)N1CC(O)(C(C)C)C1. The molecule has 0 spiro atoms. The number of ether oxygens (including phenoxy) is 1. The predicted molar refractivity (Wildman–Crippen MR) is 61.6 cm³/mol. The normalized spacial score (nSPS) is 21.1. The first-order valence-electron chi connectivity index (χ1n) is 5.60. The zero-order valence-corrected chi connectivity index (χ0v) is 11.0. The lowest BCUT2D eigenvalue weighted by molar-refractivity contribution is -0.0933. The van der Waals surface area contributed by atoms with Gasteiger partial charge in [0.25, 0.3) is 0 Å². The van der Waals surface area contributed by atoms with Crippen LogP contribution in [0.1, 0.15) is 20.8 Å². The second kappa shape index (κ2) is 5.00. The molecule has 1 heterocycles. The summed E-state index contributed by atoms with van der Waals surface area (Å²) in [5, 5.41) is 9.96. The van der Waals surface area contributed by atoms with E-state index in [1.807, 2.05) is 20.8 Å². The minimum atomic E-state index is -3.25. The summed E-state index contributed by atoms with van der Waals surface area (Å²) < 4.78 is 29.8. The highest BCUT2D eigenvalue weighted by Gasteiger charge is 2.48. The lowest BCUT2D eigenvalue weighted by atomic mass is 9.85. The van der Waals surface area contributed by atoms with Crippen LogP contribution in [0.2, 0.25) is 0 Å². The second-order valence-electron chi connectivity index (χ2n) is 4.54. The number of nitrogens with zero attached hydrogens (tertiary/aromatic N) is 1. The molecule has 0 saturated carbocycles. The Morgan fingerprint density at radius 2 is 2.00 bits per heavy atom. The first kappa shape index (κ1) is 13.9. The number of β-amino-alcohol motifs (C(OH)–C–C–N with tert-alkyl or cyclic N) is 1. The van der Waals surface area contributed by atoms with Gasteiger partial charge < -0.3 is 9.84 Å². The smallest absolute Gasteiger partial charge is 0.216 e. The van der Waals surface area contributed by atoms with Gasteiger partial charge in [-0.05, 0) is 12.8 Å². The fourth-order valence-corrected chi connectivity index (χ4v) is 2.99. The van der Waals surface area contributed by atoms with E-state index in [1.54, 1.807) is 0 Å². The van der Waals surface area contributed by atoms with Crippen molar-refractivity contribution in [1.29, 1.82) is 0 Å². The van der Waals surface area contributed by atoms with Gasteiger partial charge in [-0.1, -0.05) is 13.8 Å². The third-order valence-electron chi connectivity index (χ3n) is 3.06. The van der Waals surface area contributed by atoms with Crippen LogP contribution in [-0.2, 0) is 14.8 Å². The molecule has 1 aliphatic rings. The van der Waals surface area contributed by atoms with E-state index in [2.05, 4.69) is 0 Å². The maximum absolute atomic E-state index is 11.7. The van der Waals surface area contributed by atoms with Crippen molar-refractivity contribution in [2.45, 2.75) is 26.4 Å². The first-order valence-corrected chi connectivity index (χ1v) is 7.20. The Hall–Kier alpha value is -0.170. The van der Waals surface area contributed by atoms with Crippen molar-refractivity contribution in [2.24, 2.45) is 5.92 Å². The minimum Gasteiger partial charge on any atom is -0.387 e. The van der Waals surface area contributed by atoms with E-state index in [0.717, 1.165) is 0 Å². The molecule has 96 valence electrons. The molecular weight excluding hydrogens is 230 g/mol. The Labute approximate surface area is 97.4 Å². The van der Waals surface area contributed by atoms with Crippen LogP contribution in [0, 0.1) is 5.92 Å². The Balaban J connectivity index is 2.44. The van der Waals surface area contributed by atoms with Gasteiger partial charge in [-0.15, -0.1) is 0 Å². The summed E-state index contributed by atoms with van der Waals surface area (Å²) >= 11 is 0. The van der Waals surface area contributed by atoms with Crippen LogP contribution in [0.3, 0.4) is 0 Å². The highest BCUT2D eigenvalue weighted by molar-refractivity contribution is 7.89. The Morgan fingerprint density at radius 3 is 2.44 bits per heavy atom. The molecule has 0 unspecified atom stereocenters. The first-order chi connectivity index (χ1) is 7.32. The molecule has 0 aromatic rings. The van der Waals surface area contributed by atoms with E-state index in [0.29, 0.717) is 6.61 Å². The molecule has 1 aliphatic heterocycles. The predicted octanol–water partition coefficient (Wildman–Crippen LogP) is 0.0554. The van der Waals surface area contributed by atoms with Gasteiger partial charge in [0.2, 0.25) is 10.0 Å². The highest BCUT2D eigenvalue weighted by atomic mass is 32.2. The van der Waals surface area contributed by atoms with Crippen LogP contribution in [0.4, 0.5) is 0 Å². The Bertz CT molecular complexity index is 320. The quantitative estimate of drug-likeness (QED) is 0.678. The van der Waals surface area contributed by atoms with Gasteiger partial charge in [0, 0.05) is 19.7 Å². The molecule has 1 rings (SSSR count). The fourth-order valence-electron chi connectivity index (χ4n) is 1.56. The lowest BCUT2D eigenvalue weighted by Crippen LogP contribution is -2.66. The van der Waals surface area contributed by atoms with E-state index in [-0.39, 0.29) is 31.4 Å². The average molecular weight is 251 g/mol. The zero-order chi connectivity index (χ0) is 12.4.